The lowest BCUT2D eigenvalue weighted by molar-refractivity contribution is -0.139. The van der Waals surface area contributed by atoms with E-state index in [2.05, 4.69) is 62.2 Å². The highest BCUT2D eigenvalue weighted by Crippen LogP contribution is 2.50. The van der Waals surface area contributed by atoms with Crippen LogP contribution in [0, 0.1) is 0 Å². The molecule has 1 N–H and O–H groups in total. The van der Waals surface area contributed by atoms with E-state index in [9.17, 15) is 4.79 Å². The Kier molecular flexibility index (Phi) is 5.03. The maximum absolute atomic E-state index is 10.8. The number of hydrogen-bond donors (Lipinski definition) is 1. The summed E-state index contributed by atoms with van der Waals surface area (Å²) in [6.45, 7) is 3.97. The molecule has 1 saturated heterocycles. The highest BCUT2D eigenvalue weighted by atomic mass is 16.5. The number of carboxylic acid groups (broad SMARTS) is 1. The third-order valence-corrected chi connectivity index (χ3v) is 5.31. The van der Waals surface area contributed by atoms with Crippen molar-refractivity contribution in [3.63, 3.8) is 0 Å². The zero-order valence-corrected chi connectivity index (χ0v) is 15.5. The quantitative estimate of drug-likeness (QED) is 0.882. The summed E-state index contributed by atoms with van der Waals surface area (Å²) < 4.78 is 5.44. The van der Waals surface area contributed by atoms with Crippen molar-refractivity contribution in [2.24, 2.45) is 0 Å². The van der Waals surface area contributed by atoms with Crippen molar-refractivity contribution < 1.29 is 14.6 Å². The van der Waals surface area contributed by atoms with Crippen LogP contribution < -0.4 is 4.74 Å². The number of benzene rings is 2. The van der Waals surface area contributed by atoms with Gasteiger partial charge in [-0.1, -0.05) is 48.5 Å². The molecule has 0 radical (unpaired) electrons. The molecule has 0 spiro atoms. The van der Waals surface area contributed by atoms with Gasteiger partial charge in [0.15, 0.2) is 6.61 Å². The molecule has 2 aromatic carbocycles. The molecule has 4 nitrogen and oxygen atoms in total. The summed E-state index contributed by atoms with van der Waals surface area (Å²) in [6.07, 6.45) is 3.14. The van der Waals surface area contributed by atoms with Crippen molar-refractivity contribution in [3.05, 3.63) is 77.5 Å². The van der Waals surface area contributed by atoms with Gasteiger partial charge in [0.1, 0.15) is 5.75 Å². The Morgan fingerprint density at radius 3 is 2.58 bits per heavy atom. The predicted octanol–water partition coefficient (Wildman–Crippen LogP) is 4.06. The van der Waals surface area contributed by atoms with Crippen LogP contribution in [-0.2, 0) is 10.2 Å². The van der Waals surface area contributed by atoms with E-state index in [1.165, 1.54) is 11.3 Å². The fraction of sp³-hybridized carbons (Fsp3) is 0.318. The summed E-state index contributed by atoms with van der Waals surface area (Å²) in [5.41, 5.74) is 3.34. The van der Waals surface area contributed by atoms with E-state index in [1.54, 1.807) is 0 Å². The Labute approximate surface area is 154 Å². The molecule has 4 heteroatoms. The van der Waals surface area contributed by atoms with Gasteiger partial charge in [0.05, 0.1) is 5.41 Å². The molecule has 0 amide bonds. The largest absolute Gasteiger partial charge is 0.482 e. The molecule has 3 rings (SSSR count). The number of hydrogen-bond acceptors (Lipinski definition) is 3. The van der Waals surface area contributed by atoms with E-state index in [1.807, 2.05) is 24.3 Å². The predicted molar refractivity (Wildman–Crippen MR) is 102 cm³/mol. The molecular formula is C22H25NO3. The highest BCUT2D eigenvalue weighted by Gasteiger charge is 2.47. The van der Waals surface area contributed by atoms with Gasteiger partial charge < -0.3 is 14.7 Å². The number of nitrogens with zero attached hydrogens (tertiary/aromatic N) is 1. The van der Waals surface area contributed by atoms with Gasteiger partial charge >= 0.3 is 5.97 Å². The molecule has 2 aromatic rings. The van der Waals surface area contributed by atoms with Crippen molar-refractivity contribution in [2.45, 2.75) is 31.7 Å². The van der Waals surface area contributed by atoms with Crippen LogP contribution in [0.1, 0.15) is 31.4 Å². The average Bonchev–Trinajstić information content (AvgIpc) is 2.92. The fourth-order valence-corrected chi connectivity index (χ4v) is 4.09. The molecule has 0 bridgehead atoms. The van der Waals surface area contributed by atoms with Crippen molar-refractivity contribution in [3.8, 4) is 5.75 Å². The molecule has 1 heterocycles. The van der Waals surface area contributed by atoms with Crippen LogP contribution in [0.15, 0.2) is 66.4 Å². The van der Waals surface area contributed by atoms with Crippen LogP contribution in [-0.4, -0.2) is 35.7 Å². The number of carbonyl (C=O) groups is 1. The third kappa shape index (κ3) is 3.07. The van der Waals surface area contributed by atoms with Gasteiger partial charge in [-0.05, 0) is 43.5 Å². The van der Waals surface area contributed by atoms with E-state index >= 15 is 0 Å². The smallest absolute Gasteiger partial charge is 0.341 e. The van der Waals surface area contributed by atoms with E-state index in [-0.39, 0.29) is 12.0 Å². The van der Waals surface area contributed by atoms with Crippen LogP contribution in [0.2, 0.25) is 0 Å². The Hall–Kier alpha value is -2.75. The molecule has 2 unspecified atom stereocenters. The zero-order chi connectivity index (χ0) is 18.7. The maximum Gasteiger partial charge on any atom is 0.341 e. The first kappa shape index (κ1) is 18.1. The summed E-state index contributed by atoms with van der Waals surface area (Å²) in [5, 5.41) is 8.89. The van der Waals surface area contributed by atoms with Crippen molar-refractivity contribution in [1.82, 2.24) is 4.90 Å². The molecule has 1 aliphatic heterocycles. The lowest BCUT2D eigenvalue weighted by Crippen LogP contribution is -2.29. The van der Waals surface area contributed by atoms with Gasteiger partial charge in [0.25, 0.3) is 0 Å². The minimum absolute atomic E-state index is 0.271. The number of rotatable bonds is 5. The monoisotopic (exact) mass is 351 g/mol. The van der Waals surface area contributed by atoms with Crippen molar-refractivity contribution in [2.75, 3.05) is 13.7 Å². The summed E-state index contributed by atoms with van der Waals surface area (Å²) >= 11 is 0. The van der Waals surface area contributed by atoms with Gasteiger partial charge in [-0.25, -0.2) is 4.79 Å². The summed E-state index contributed by atoms with van der Waals surface area (Å²) in [6, 6.07) is 18.7. The second-order valence-corrected chi connectivity index (χ2v) is 6.82. The number of likely N-dealkylation sites (N-methyl/N-ethyl adjacent to an activating group) is 1. The highest BCUT2D eigenvalue weighted by molar-refractivity contribution is 5.68. The fourth-order valence-electron chi connectivity index (χ4n) is 4.09. The lowest BCUT2D eigenvalue weighted by atomic mass is 9.70. The number of aliphatic carboxylic acids is 1. The maximum atomic E-state index is 10.8. The number of likely N-dealkylation sites (tertiary alicyclic amines) is 1. The first-order valence-electron chi connectivity index (χ1n) is 8.89. The van der Waals surface area contributed by atoms with Crippen LogP contribution in [0.25, 0.3) is 0 Å². The van der Waals surface area contributed by atoms with E-state index in [0.717, 1.165) is 12.0 Å². The van der Waals surface area contributed by atoms with Crippen molar-refractivity contribution >= 4 is 5.97 Å². The van der Waals surface area contributed by atoms with E-state index in [0.29, 0.717) is 11.8 Å². The Morgan fingerprint density at radius 2 is 1.92 bits per heavy atom. The van der Waals surface area contributed by atoms with Crippen LogP contribution in [0.5, 0.6) is 5.75 Å². The Bertz CT molecular complexity index is 815. The summed E-state index contributed by atoms with van der Waals surface area (Å²) in [7, 11) is 2.13. The molecule has 1 fully saturated rings. The molecule has 26 heavy (non-hydrogen) atoms. The number of allylic oxidation sites excluding steroid dienone is 2. The van der Waals surface area contributed by atoms with E-state index in [4.69, 9.17) is 9.84 Å². The second-order valence-electron chi connectivity index (χ2n) is 6.82. The number of ether oxygens (including phenoxy) is 1. The second kappa shape index (κ2) is 7.24. The SMILES string of the molecule is C/C=C1\N(C)C(C)CC1(c1ccccc1)c1cccc(OCC(=O)O)c1. The van der Waals surface area contributed by atoms with Gasteiger partial charge in [-0.15, -0.1) is 0 Å². The normalized spacial score (nSPS) is 24.0. The number of carboxylic acids is 1. The van der Waals surface area contributed by atoms with Gasteiger partial charge in [-0.3, -0.25) is 0 Å². The molecule has 0 aliphatic carbocycles. The summed E-state index contributed by atoms with van der Waals surface area (Å²) in [4.78, 5) is 13.2. The molecular weight excluding hydrogens is 326 g/mol. The Morgan fingerprint density at radius 1 is 1.23 bits per heavy atom. The minimum atomic E-state index is -0.975. The lowest BCUT2D eigenvalue weighted by Gasteiger charge is -2.33. The Balaban J connectivity index is 2.14. The van der Waals surface area contributed by atoms with Gasteiger partial charge in [-0.2, -0.15) is 0 Å². The first-order chi connectivity index (χ1) is 12.5. The van der Waals surface area contributed by atoms with E-state index < -0.39 is 5.97 Å². The van der Waals surface area contributed by atoms with Crippen LogP contribution in [0.4, 0.5) is 0 Å². The molecule has 1 aliphatic rings. The standard InChI is InChI=1S/C22H25NO3/c1-4-20-22(14-16(2)23(20)3,17-9-6-5-7-10-17)18-11-8-12-19(13-18)26-15-21(24)25/h4-13,16H,14-15H2,1-3H3,(H,24,25)/b20-4-. The molecule has 0 aromatic heterocycles. The van der Waals surface area contributed by atoms with Crippen LogP contribution in [0.3, 0.4) is 0 Å². The van der Waals surface area contributed by atoms with Gasteiger partial charge in [0, 0.05) is 18.8 Å². The molecule has 2 atom stereocenters. The topological polar surface area (TPSA) is 49.8 Å². The van der Waals surface area contributed by atoms with Crippen LogP contribution >= 0.6 is 0 Å². The summed E-state index contributed by atoms with van der Waals surface area (Å²) in [5.74, 6) is -0.394. The minimum Gasteiger partial charge on any atom is -0.482 e. The average molecular weight is 351 g/mol. The molecule has 136 valence electrons. The van der Waals surface area contributed by atoms with Gasteiger partial charge in [0.2, 0.25) is 0 Å². The molecule has 0 saturated carbocycles. The van der Waals surface area contributed by atoms with Crippen molar-refractivity contribution in [1.29, 1.82) is 0 Å². The first-order valence-corrected chi connectivity index (χ1v) is 8.89. The third-order valence-electron chi connectivity index (χ3n) is 5.31. The zero-order valence-electron chi connectivity index (χ0n) is 15.5.